The molecule has 2 N–H and O–H groups in total. The number of aromatic amines is 1. The summed E-state index contributed by atoms with van der Waals surface area (Å²) in [5.41, 5.74) is -2.36. The number of H-pyrrole nitrogens is 1. The summed E-state index contributed by atoms with van der Waals surface area (Å²) in [6, 6.07) is 1.22. The van der Waals surface area contributed by atoms with Crippen LogP contribution in [0.15, 0.2) is 11.4 Å². The predicted octanol–water partition coefficient (Wildman–Crippen LogP) is 3.06. The Morgan fingerprint density at radius 1 is 1.40 bits per heavy atom. The Morgan fingerprint density at radius 2 is 2.05 bits per heavy atom. The Bertz CT molecular complexity index is 687. The molecule has 5 nitrogen and oxygen atoms in total. The van der Waals surface area contributed by atoms with Crippen LogP contribution >= 0.6 is 11.3 Å². The lowest BCUT2D eigenvalue weighted by atomic mass is 10.0. The SMILES string of the molecule is CC(=O)c1n[nH]c(C(F)(F)F)c1-c1ccsc1C(=O)O. The number of Topliss-reactive ketones (excluding diaryl/α,β-unsaturated/α-hetero) is 1. The van der Waals surface area contributed by atoms with Gasteiger partial charge >= 0.3 is 12.1 Å². The molecule has 0 amide bonds. The number of halogens is 3. The number of carboxylic acids is 1. The summed E-state index contributed by atoms with van der Waals surface area (Å²) in [7, 11) is 0. The van der Waals surface area contributed by atoms with Gasteiger partial charge in [0.15, 0.2) is 5.78 Å². The van der Waals surface area contributed by atoms with Gasteiger partial charge in [0, 0.05) is 18.1 Å². The topological polar surface area (TPSA) is 83.0 Å². The molecule has 0 fully saturated rings. The van der Waals surface area contributed by atoms with Gasteiger partial charge in [0.2, 0.25) is 0 Å². The van der Waals surface area contributed by atoms with E-state index in [-0.39, 0.29) is 10.4 Å². The number of carbonyl (C=O) groups excluding carboxylic acids is 1. The lowest BCUT2D eigenvalue weighted by Crippen LogP contribution is -2.09. The Hall–Kier alpha value is -2.16. The summed E-state index contributed by atoms with van der Waals surface area (Å²) in [4.78, 5) is 22.1. The highest BCUT2D eigenvalue weighted by Crippen LogP contribution is 2.40. The van der Waals surface area contributed by atoms with Crippen LogP contribution in [0, 0.1) is 0 Å². The number of thiophene rings is 1. The van der Waals surface area contributed by atoms with E-state index in [4.69, 9.17) is 5.11 Å². The Kier molecular flexibility index (Phi) is 3.38. The summed E-state index contributed by atoms with van der Waals surface area (Å²) < 4.78 is 38.8. The fraction of sp³-hybridized carbons (Fsp3) is 0.182. The molecule has 0 atom stereocenters. The Balaban J connectivity index is 2.77. The van der Waals surface area contributed by atoms with Gasteiger partial charge in [-0.25, -0.2) is 4.79 Å². The molecular weight excluding hydrogens is 297 g/mol. The number of hydrogen-bond acceptors (Lipinski definition) is 4. The minimum absolute atomic E-state index is 0.172. The van der Waals surface area contributed by atoms with Crippen LogP contribution in [-0.4, -0.2) is 27.1 Å². The van der Waals surface area contributed by atoms with Crippen molar-refractivity contribution in [3.05, 3.63) is 27.7 Å². The van der Waals surface area contributed by atoms with Gasteiger partial charge in [-0.1, -0.05) is 0 Å². The number of nitrogens with one attached hydrogen (secondary N) is 1. The lowest BCUT2D eigenvalue weighted by molar-refractivity contribution is -0.140. The Labute approximate surface area is 114 Å². The molecule has 2 aromatic heterocycles. The second-order valence-corrected chi connectivity index (χ2v) is 4.76. The fourth-order valence-corrected chi connectivity index (χ4v) is 2.47. The number of carbonyl (C=O) groups is 2. The van der Waals surface area contributed by atoms with Gasteiger partial charge in [-0.05, 0) is 11.4 Å². The number of rotatable bonds is 3. The summed E-state index contributed by atoms with van der Waals surface area (Å²) in [5.74, 6) is -2.05. The molecular formula is C11H7F3N2O3S. The number of aromatic nitrogens is 2. The third-order valence-corrected chi connectivity index (χ3v) is 3.41. The molecule has 2 rings (SSSR count). The zero-order chi connectivity index (χ0) is 15.1. The fourth-order valence-electron chi connectivity index (χ4n) is 1.74. The van der Waals surface area contributed by atoms with E-state index in [0.29, 0.717) is 0 Å². The van der Waals surface area contributed by atoms with Crippen LogP contribution in [-0.2, 0) is 6.18 Å². The van der Waals surface area contributed by atoms with Crippen LogP contribution in [0.5, 0.6) is 0 Å². The van der Waals surface area contributed by atoms with Crippen molar-refractivity contribution in [2.24, 2.45) is 0 Å². The van der Waals surface area contributed by atoms with Gasteiger partial charge in [-0.3, -0.25) is 9.89 Å². The molecule has 0 unspecified atom stereocenters. The van der Waals surface area contributed by atoms with Crippen LogP contribution in [0.2, 0.25) is 0 Å². The molecule has 0 aromatic carbocycles. The first kappa shape index (κ1) is 14.3. The van der Waals surface area contributed by atoms with Crippen LogP contribution in [0.4, 0.5) is 13.2 Å². The van der Waals surface area contributed by atoms with Gasteiger partial charge in [0.25, 0.3) is 0 Å². The molecule has 0 aliphatic carbocycles. The molecule has 0 aliphatic heterocycles. The maximum absolute atomic E-state index is 12.9. The summed E-state index contributed by atoms with van der Waals surface area (Å²) in [6.07, 6.45) is -4.77. The smallest absolute Gasteiger partial charge is 0.433 e. The van der Waals surface area contributed by atoms with Gasteiger partial charge in [0.05, 0.1) is 0 Å². The highest BCUT2D eigenvalue weighted by atomic mass is 32.1. The van der Waals surface area contributed by atoms with Gasteiger partial charge in [-0.2, -0.15) is 18.3 Å². The largest absolute Gasteiger partial charge is 0.477 e. The molecule has 0 aliphatic rings. The van der Waals surface area contributed by atoms with Gasteiger partial charge in [0.1, 0.15) is 16.3 Å². The highest BCUT2D eigenvalue weighted by molar-refractivity contribution is 7.12. The van der Waals surface area contributed by atoms with Gasteiger partial charge < -0.3 is 5.11 Å². The van der Waals surface area contributed by atoms with E-state index >= 15 is 0 Å². The third kappa shape index (κ3) is 2.31. The first-order chi connectivity index (χ1) is 9.23. The maximum atomic E-state index is 12.9. The number of aromatic carboxylic acids is 1. The lowest BCUT2D eigenvalue weighted by Gasteiger charge is -2.07. The van der Waals surface area contributed by atoms with E-state index in [2.05, 4.69) is 5.10 Å². The summed E-state index contributed by atoms with van der Waals surface area (Å²) >= 11 is 0.776. The second kappa shape index (κ2) is 4.75. The normalized spacial score (nSPS) is 11.6. The van der Waals surface area contributed by atoms with Crippen LogP contribution < -0.4 is 0 Å². The summed E-state index contributed by atoms with van der Waals surface area (Å²) in [6.45, 7) is 1.06. The molecule has 0 bridgehead atoms. The molecule has 0 radical (unpaired) electrons. The minimum Gasteiger partial charge on any atom is -0.477 e. The van der Waals surface area contributed by atoms with Crippen molar-refractivity contribution in [1.29, 1.82) is 0 Å². The zero-order valence-electron chi connectivity index (χ0n) is 9.91. The van der Waals surface area contributed by atoms with E-state index in [1.807, 2.05) is 0 Å². The van der Waals surface area contributed by atoms with E-state index in [1.54, 1.807) is 5.10 Å². The van der Waals surface area contributed by atoms with Crippen LogP contribution in [0.3, 0.4) is 0 Å². The molecule has 0 saturated heterocycles. The van der Waals surface area contributed by atoms with E-state index < -0.39 is 34.9 Å². The second-order valence-electron chi connectivity index (χ2n) is 3.84. The number of alkyl halides is 3. The monoisotopic (exact) mass is 304 g/mol. The van der Waals surface area contributed by atoms with E-state index in [1.165, 1.54) is 11.4 Å². The molecule has 9 heteroatoms. The molecule has 2 aromatic rings. The molecule has 20 heavy (non-hydrogen) atoms. The Morgan fingerprint density at radius 3 is 2.55 bits per heavy atom. The van der Waals surface area contributed by atoms with Crippen molar-refractivity contribution >= 4 is 23.1 Å². The van der Waals surface area contributed by atoms with E-state index in [9.17, 15) is 22.8 Å². The zero-order valence-corrected chi connectivity index (χ0v) is 10.7. The number of carboxylic acid groups (broad SMARTS) is 1. The predicted molar refractivity (Wildman–Crippen MR) is 63.9 cm³/mol. The first-order valence-corrected chi connectivity index (χ1v) is 6.09. The van der Waals surface area contributed by atoms with Crippen molar-refractivity contribution in [3.63, 3.8) is 0 Å². The van der Waals surface area contributed by atoms with E-state index in [0.717, 1.165) is 18.3 Å². The van der Waals surface area contributed by atoms with Crippen molar-refractivity contribution in [2.45, 2.75) is 13.1 Å². The molecule has 106 valence electrons. The van der Waals surface area contributed by atoms with Crippen molar-refractivity contribution in [3.8, 4) is 11.1 Å². The van der Waals surface area contributed by atoms with Crippen molar-refractivity contribution in [2.75, 3.05) is 0 Å². The quantitative estimate of drug-likeness (QED) is 0.854. The minimum atomic E-state index is -4.77. The molecule has 2 heterocycles. The third-order valence-electron chi connectivity index (χ3n) is 2.51. The van der Waals surface area contributed by atoms with Crippen LogP contribution in [0.25, 0.3) is 11.1 Å². The number of nitrogens with zero attached hydrogens (tertiary/aromatic N) is 1. The van der Waals surface area contributed by atoms with Crippen molar-refractivity contribution in [1.82, 2.24) is 10.2 Å². The average Bonchev–Trinajstić information content (AvgIpc) is 2.93. The first-order valence-electron chi connectivity index (χ1n) is 5.21. The van der Waals surface area contributed by atoms with Gasteiger partial charge in [-0.15, -0.1) is 11.3 Å². The highest BCUT2D eigenvalue weighted by Gasteiger charge is 2.39. The molecule has 0 saturated carbocycles. The molecule has 0 spiro atoms. The maximum Gasteiger partial charge on any atom is 0.433 e. The number of hydrogen-bond donors (Lipinski definition) is 2. The van der Waals surface area contributed by atoms with Crippen LogP contribution in [0.1, 0.15) is 32.8 Å². The summed E-state index contributed by atoms with van der Waals surface area (Å²) in [5, 5.41) is 15.5. The standard InChI is InChI=1S/C11H7F3N2O3S/c1-4(17)7-6(9(16-15-7)11(12,13)14)5-2-3-20-8(5)10(18)19/h2-3H,1H3,(H,15,16)(H,18,19). The number of ketones is 1. The van der Waals surface area contributed by atoms with Crippen molar-refractivity contribution < 1.29 is 27.9 Å². The average molecular weight is 304 g/mol.